The Kier molecular flexibility index (Phi) is 3.80. The SMILES string of the molecule is CCN(C(=O)c1ncccc1C)c1cccc(O)c1. The Morgan fingerprint density at radius 3 is 2.74 bits per heavy atom. The van der Waals surface area contributed by atoms with Gasteiger partial charge in [-0.15, -0.1) is 0 Å². The molecule has 19 heavy (non-hydrogen) atoms. The van der Waals surface area contributed by atoms with Gasteiger partial charge in [0.05, 0.1) is 0 Å². The van der Waals surface area contributed by atoms with Crippen LogP contribution in [-0.2, 0) is 0 Å². The lowest BCUT2D eigenvalue weighted by Crippen LogP contribution is -2.31. The second-order valence-corrected chi connectivity index (χ2v) is 4.24. The molecule has 0 bridgehead atoms. The van der Waals surface area contributed by atoms with E-state index >= 15 is 0 Å². The maximum atomic E-state index is 12.5. The number of hydrogen-bond donors (Lipinski definition) is 1. The zero-order valence-electron chi connectivity index (χ0n) is 11.0. The lowest BCUT2D eigenvalue weighted by atomic mass is 10.2. The molecule has 1 N–H and O–H groups in total. The Labute approximate surface area is 112 Å². The molecule has 1 aromatic carbocycles. The number of carbonyl (C=O) groups is 1. The van der Waals surface area contributed by atoms with Gasteiger partial charge in [0.25, 0.3) is 5.91 Å². The zero-order valence-corrected chi connectivity index (χ0v) is 11.0. The van der Waals surface area contributed by atoms with Crippen molar-refractivity contribution in [3.8, 4) is 5.75 Å². The van der Waals surface area contributed by atoms with Crippen LogP contribution < -0.4 is 4.90 Å². The summed E-state index contributed by atoms with van der Waals surface area (Å²) < 4.78 is 0. The van der Waals surface area contributed by atoms with Crippen LogP contribution >= 0.6 is 0 Å². The number of pyridine rings is 1. The molecule has 1 aromatic heterocycles. The minimum atomic E-state index is -0.161. The van der Waals surface area contributed by atoms with Crippen molar-refractivity contribution in [1.29, 1.82) is 0 Å². The van der Waals surface area contributed by atoms with Gasteiger partial charge in [0.1, 0.15) is 11.4 Å². The monoisotopic (exact) mass is 256 g/mol. The zero-order chi connectivity index (χ0) is 13.8. The van der Waals surface area contributed by atoms with Crippen molar-refractivity contribution in [2.24, 2.45) is 0 Å². The number of amides is 1. The number of rotatable bonds is 3. The van der Waals surface area contributed by atoms with Gasteiger partial charge in [0.15, 0.2) is 0 Å². The van der Waals surface area contributed by atoms with Crippen molar-refractivity contribution < 1.29 is 9.90 Å². The standard InChI is InChI=1S/C15H16N2O2/c1-3-17(12-7-4-8-13(18)10-12)15(19)14-11(2)6-5-9-16-14/h4-10,18H,3H2,1-2H3. The number of carbonyl (C=O) groups excluding carboxylic acids is 1. The summed E-state index contributed by atoms with van der Waals surface area (Å²) in [5.74, 6) is -0.0207. The van der Waals surface area contributed by atoms with Crippen molar-refractivity contribution in [1.82, 2.24) is 4.98 Å². The molecule has 0 aliphatic rings. The highest BCUT2D eigenvalue weighted by atomic mass is 16.3. The van der Waals surface area contributed by atoms with Crippen LogP contribution in [0.25, 0.3) is 0 Å². The van der Waals surface area contributed by atoms with E-state index in [0.29, 0.717) is 17.9 Å². The van der Waals surface area contributed by atoms with Gasteiger partial charge in [-0.05, 0) is 37.6 Å². The molecule has 0 saturated carbocycles. The fourth-order valence-corrected chi connectivity index (χ4v) is 1.94. The van der Waals surface area contributed by atoms with Crippen molar-refractivity contribution in [3.05, 3.63) is 53.9 Å². The highest BCUT2D eigenvalue weighted by Gasteiger charge is 2.19. The molecule has 1 amide bonds. The van der Waals surface area contributed by atoms with Gasteiger partial charge in [0.2, 0.25) is 0 Å². The predicted octanol–water partition coefficient (Wildman–Crippen LogP) is 2.76. The van der Waals surface area contributed by atoms with Crippen LogP contribution in [0.5, 0.6) is 5.75 Å². The highest BCUT2D eigenvalue weighted by Crippen LogP contribution is 2.22. The van der Waals surface area contributed by atoms with E-state index in [1.165, 1.54) is 0 Å². The highest BCUT2D eigenvalue weighted by molar-refractivity contribution is 6.05. The van der Waals surface area contributed by atoms with Crippen LogP contribution in [0.1, 0.15) is 23.0 Å². The molecule has 0 radical (unpaired) electrons. The third-order valence-corrected chi connectivity index (χ3v) is 2.91. The molecule has 4 heteroatoms. The molecule has 2 rings (SSSR count). The first-order chi connectivity index (χ1) is 9.13. The Morgan fingerprint density at radius 1 is 1.32 bits per heavy atom. The molecular weight excluding hydrogens is 240 g/mol. The molecule has 0 atom stereocenters. The molecule has 98 valence electrons. The van der Waals surface area contributed by atoms with E-state index in [0.717, 1.165) is 5.56 Å². The minimum Gasteiger partial charge on any atom is -0.508 e. The summed E-state index contributed by atoms with van der Waals surface area (Å²) in [4.78, 5) is 18.2. The molecular formula is C15H16N2O2. The lowest BCUT2D eigenvalue weighted by Gasteiger charge is -2.21. The normalized spacial score (nSPS) is 10.2. The van der Waals surface area contributed by atoms with E-state index < -0.39 is 0 Å². The van der Waals surface area contributed by atoms with Crippen LogP contribution in [0.2, 0.25) is 0 Å². The maximum absolute atomic E-state index is 12.5. The Bertz CT molecular complexity index is 596. The summed E-state index contributed by atoms with van der Waals surface area (Å²) in [5, 5.41) is 9.51. The van der Waals surface area contributed by atoms with Crippen LogP contribution in [0.4, 0.5) is 5.69 Å². The van der Waals surface area contributed by atoms with Gasteiger partial charge in [0, 0.05) is 24.5 Å². The van der Waals surface area contributed by atoms with Gasteiger partial charge < -0.3 is 10.0 Å². The fraction of sp³-hybridized carbons (Fsp3) is 0.200. The van der Waals surface area contributed by atoms with E-state index in [1.54, 1.807) is 41.4 Å². The van der Waals surface area contributed by atoms with Gasteiger partial charge in [-0.25, -0.2) is 0 Å². The molecule has 0 saturated heterocycles. The quantitative estimate of drug-likeness (QED) is 0.918. The first kappa shape index (κ1) is 13.1. The van der Waals surface area contributed by atoms with Crippen LogP contribution in [0.15, 0.2) is 42.6 Å². The fourth-order valence-electron chi connectivity index (χ4n) is 1.94. The number of aromatic nitrogens is 1. The number of phenolic OH excluding ortho intramolecular Hbond substituents is 1. The number of phenols is 1. The second-order valence-electron chi connectivity index (χ2n) is 4.24. The van der Waals surface area contributed by atoms with E-state index in [9.17, 15) is 9.90 Å². The summed E-state index contributed by atoms with van der Waals surface area (Å²) in [5.41, 5.74) is 1.94. The first-order valence-electron chi connectivity index (χ1n) is 6.16. The third kappa shape index (κ3) is 2.73. The Hall–Kier alpha value is -2.36. The van der Waals surface area contributed by atoms with Gasteiger partial charge in [-0.3, -0.25) is 9.78 Å². The number of nitrogens with zero attached hydrogens (tertiary/aromatic N) is 2. The summed E-state index contributed by atoms with van der Waals surface area (Å²) in [7, 11) is 0. The smallest absolute Gasteiger partial charge is 0.277 e. The summed E-state index contributed by atoms with van der Waals surface area (Å²) >= 11 is 0. The van der Waals surface area contributed by atoms with E-state index in [2.05, 4.69) is 4.98 Å². The molecule has 0 spiro atoms. The van der Waals surface area contributed by atoms with E-state index in [1.807, 2.05) is 19.9 Å². The van der Waals surface area contributed by atoms with Crippen LogP contribution in [-0.4, -0.2) is 22.5 Å². The lowest BCUT2D eigenvalue weighted by molar-refractivity contribution is 0.0983. The molecule has 0 fully saturated rings. The maximum Gasteiger partial charge on any atom is 0.277 e. The number of aryl methyl sites for hydroxylation is 1. The van der Waals surface area contributed by atoms with Crippen molar-refractivity contribution in [3.63, 3.8) is 0 Å². The first-order valence-corrected chi connectivity index (χ1v) is 6.16. The number of hydrogen-bond acceptors (Lipinski definition) is 3. The Balaban J connectivity index is 2.38. The average Bonchev–Trinajstić information content (AvgIpc) is 2.40. The summed E-state index contributed by atoms with van der Waals surface area (Å²) in [6, 6.07) is 10.3. The number of anilines is 1. The topological polar surface area (TPSA) is 53.4 Å². The van der Waals surface area contributed by atoms with Gasteiger partial charge >= 0.3 is 0 Å². The summed E-state index contributed by atoms with van der Waals surface area (Å²) in [6.07, 6.45) is 1.61. The van der Waals surface area contributed by atoms with Crippen LogP contribution in [0, 0.1) is 6.92 Å². The molecule has 0 aliphatic carbocycles. The van der Waals surface area contributed by atoms with E-state index in [4.69, 9.17) is 0 Å². The third-order valence-electron chi connectivity index (χ3n) is 2.91. The number of benzene rings is 1. The van der Waals surface area contributed by atoms with Crippen LogP contribution in [0.3, 0.4) is 0 Å². The van der Waals surface area contributed by atoms with Gasteiger partial charge in [-0.1, -0.05) is 12.1 Å². The molecule has 2 aromatic rings. The average molecular weight is 256 g/mol. The summed E-state index contributed by atoms with van der Waals surface area (Å²) in [6.45, 7) is 4.26. The molecule has 1 heterocycles. The molecule has 0 unspecified atom stereocenters. The minimum absolute atomic E-state index is 0.140. The molecule has 4 nitrogen and oxygen atoms in total. The van der Waals surface area contributed by atoms with Crippen molar-refractivity contribution in [2.75, 3.05) is 11.4 Å². The second kappa shape index (κ2) is 5.52. The predicted molar refractivity (Wildman–Crippen MR) is 74.4 cm³/mol. The molecule has 0 aliphatic heterocycles. The van der Waals surface area contributed by atoms with Crippen molar-refractivity contribution in [2.45, 2.75) is 13.8 Å². The number of aromatic hydroxyl groups is 1. The Morgan fingerprint density at radius 2 is 2.11 bits per heavy atom. The van der Waals surface area contributed by atoms with E-state index in [-0.39, 0.29) is 11.7 Å². The largest absolute Gasteiger partial charge is 0.508 e. The van der Waals surface area contributed by atoms with Gasteiger partial charge in [-0.2, -0.15) is 0 Å². The van der Waals surface area contributed by atoms with Crippen molar-refractivity contribution >= 4 is 11.6 Å².